The maximum atomic E-state index is 9.41. The van der Waals surface area contributed by atoms with Crippen LogP contribution in [-0.4, -0.2) is 14.7 Å². The molecule has 0 saturated carbocycles. The van der Waals surface area contributed by atoms with E-state index in [1.165, 1.54) is 0 Å². The molecule has 0 aliphatic rings. The second kappa shape index (κ2) is 2.98. The third-order valence-electron chi connectivity index (χ3n) is 0. The standard InChI is InChI=1S/CH5NO2S.Na.H/c1-5(2,3)4;;/h1H3,(H2,2,3,4);;/q;+1;-1. The van der Waals surface area contributed by atoms with Crippen molar-refractivity contribution in [3.8, 4) is 0 Å². The molecule has 0 atom stereocenters. The van der Waals surface area contributed by atoms with Gasteiger partial charge in [0.2, 0.25) is 10.0 Å². The van der Waals surface area contributed by atoms with Gasteiger partial charge in [0.25, 0.3) is 0 Å². The predicted molar refractivity (Wildman–Crippen MR) is 20.1 cm³/mol. The Balaban J connectivity index is -0.0000000800. The van der Waals surface area contributed by atoms with Crippen molar-refractivity contribution in [1.29, 1.82) is 0 Å². The zero-order chi connectivity index (χ0) is 4.50. The van der Waals surface area contributed by atoms with Gasteiger partial charge in [-0.1, -0.05) is 0 Å². The van der Waals surface area contributed by atoms with Crippen LogP contribution in [0.15, 0.2) is 0 Å². The van der Waals surface area contributed by atoms with Crippen LogP contribution in [0.3, 0.4) is 0 Å². The maximum Gasteiger partial charge on any atom is 1.00 e. The first-order valence-corrected chi connectivity index (χ1v) is 2.93. The normalized spacial score (nSPS) is 9.67. The van der Waals surface area contributed by atoms with E-state index in [-0.39, 0.29) is 31.0 Å². The molecule has 0 bridgehead atoms. The predicted octanol–water partition coefficient (Wildman–Crippen LogP) is -3.98. The molecule has 0 spiro atoms. The van der Waals surface area contributed by atoms with Crippen LogP contribution < -0.4 is 34.7 Å². The molecule has 0 aromatic carbocycles. The van der Waals surface area contributed by atoms with Gasteiger partial charge in [-0.2, -0.15) is 0 Å². The Morgan fingerprint density at radius 2 is 1.67 bits per heavy atom. The fourth-order valence-electron chi connectivity index (χ4n) is 0. The molecule has 0 amide bonds. The van der Waals surface area contributed by atoms with Gasteiger partial charge in [0, 0.05) is 0 Å². The Hall–Kier alpha value is 0.910. The van der Waals surface area contributed by atoms with E-state index in [2.05, 4.69) is 5.14 Å². The topological polar surface area (TPSA) is 60.2 Å². The monoisotopic (exact) mass is 119 g/mol. The van der Waals surface area contributed by atoms with E-state index in [9.17, 15) is 8.42 Å². The van der Waals surface area contributed by atoms with Crippen LogP contribution in [0.4, 0.5) is 0 Å². The van der Waals surface area contributed by atoms with Gasteiger partial charge in [0.05, 0.1) is 6.26 Å². The molecule has 0 heterocycles. The van der Waals surface area contributed by atoms with Gasteiger partial charge < -0.3 is 1.43 Å². The molecule has 3 nitrogen and oxygen atoms in total. The van der Waals surface area contributed by atoms with E-state index < -0.39 is 10.0 Å². The summed E-state index contributed by atoms with van der Waals surface area (Å²) >= 11 is 0. The molecule has 0 aromatic rings. The van der Waals surface area contributed by atoms with Crippen molar-refractivity contribution in [3.05, 3.63) is 0 Å². The van der Waals surface area contributed by atoms with Crippen molar-refractivity contribution < 1.29 is 39.4 Å². The Bertz CT molecular complexity index is 101. The number of nitrogens with two attached hydrogens (primary N) is 1. The van der Waals surface area contributed by atoms with Crippen molar-refractivity contribution in [3.63, 3.8) is 0 Å². The molecule has 0 radical (unpaired) electrons. The molecule has 6 heavy (non-hydrogen) atoms. The molecule has 0 rings (SSSR count). The maximum absolute atomic E-state index is 9.41. The first kappa shape index (κ1) is 10.0. The quantitative estimate of drug-likeness (QED) is 0.330. The Labute approximate surface area is 60.7 Å². The number of sulfonamides is 1. The number of hydrogen-bond acceptors (Lipinski definition) is 2. The summed E-state index contributed by atoms with van der Waals surface area (Å²) in [6, 6.07) is 0. The van der Waals surface area contributed by atoms with Crippen molar-refractivity contribution in [1.82, 2.24) is 0 Å². The minimum absolute atomic E-state index is 0. The van der Waals surface area contributed by atoms with Crippen LogP contribution in [-0.2, 0) is 10.0 Å². The fraction of sp³-hybridized carbons (Fsp3) is 1.00. The van der Waals surface area contributed by atoms with E-state index in [1.54, 1.807) is 0 Å². The van der Waals surface area contributed by atoms with Crippen LogP contribution in [0.2, 0.25) is 0 Å². The number of rotatable bonds is 0. The molecule has 0 saturated heterocycles. The van der Waals surface area contributed by atoms with Gasteiger partial charge in [0.1, 0.15) is 0 Å². The molecule has 0 aliphatic heterocycles. The van der Waals surface area contributed by atoms with Crippen molar-refractivity contribution in [2.75, 3.05) is 6.26 Å². The summed E-state index contributed by atoms with van der Waals surface area (Å²) in [4.78, 5) is 0. The van der Waals surface area contributed by atoms with Gasteiger partial charge >= 0.3 is 29.6 Å². The summed E-state index contributed by atoms with van der Waals surface area (Å²) in [6.45, 7) is 0. The molecule has 0 fully saturated rings. The molecule has 34 valence electrons. The number of hydrogen-bond donors (Lipinski definition) is 1. The molecule has 0 aromatic heterocycles. The molecule has 0 unspecified atom stereocenters. The van der Waals surface area contributed by atoms with Crippen molar-refractivity contribution in [2.24, 2.45) is 5.14 Å². The summed E-state index contributed by atoms with van der Waals surface area (Å²) in [7, 11) is -3.17. The van der Waals surface area contributed by atoms with Crippen LogP contribution in [0.1, 0.15) is 1.43 Å². The zero-order valence-corrected chi connectivity index (χ0v) is 6.62. The summed E-state index contributed by atoms with van der Waals surface area (Å²) in [6.07, 6.45) is 0.938. The minimum atomic E-state index is -3.17. The third-order valence-corrected chi connectivity index (χ3v) is 0. The summed E-state index contributed by atoms with van der Waals surface area (Å²) in [5.74, 6) is 0. The van der Waals surface area contributed by atoms with Crippen LogP contribution >= 0.6 is 0 Å². The average molecular weight is 119 g/mol. The third kappa shape index (κ3) is 90.6. The summed E-state index contributed by atoms with van der Waals surface area (Å²) < 4.78 is 18.8. The second-order valence-corrected chi connectivity index (χ2v) is 2.49. The van der Waals surface area contributed by atoms with E-state index in [0.29, 0.717) is 0 Å². The molecule has 0 aliphatic carbocycles. The van der Waals surface area contributed by atoms with E-state index in [1.807, 2.05) is 0 Å². The largest absolute Gasteiger partial charge is 1.00 e. The van der Waals surface area contributed by atoms with Gasteiger partial charge in [-0.05, 0) is 0 Å². The Morgan fingerprint density at radius 1 is 1.67 bits per heavy atom. The van der Waals surface area contributed by atoms with Crippen molar-refractivity contribution in [2.45, 2.75) is 0 Å². The Kier molecular flexibility index (Phi) is 4.98. The van der Waals surface area contributed by atoms with Crippen molar-refractivity contribution >= 4 is 10.0 Å². The number of primary sulfonamides is 1. The first-order chi connectivity index (χ1) is 2.00. The molecule has 5 heteroatoms. The summed E-state index contributed by atoms with van der Waals surface area (Å²) in [5, 5.41) is 4.33. The fourth-order valence-corrected chi connectivity index (χ4v) is 0. The van der Waals surface area contributed by atoms with E-state index in [4.69, 9.17) is 0 Å². The minimum Gasteiger partial charge on any atom is -1.00 e. The van der Waals surface area contributed by atoms with Gasteiger partial charge in [-0.3, -0.25) is 0 Å². The second-order valence-electron chi connectivity index (χ2n) is 0.830. The smallest absolute Gasteiger partial charge is 1.00 e. The van der Waals surface area contributed by atoms with E-state index >= 15 is 0 Å². The molecule has 2 N–H and O–H groups in total. The van der Waals surface area contributed by atoms with Crippen LogP contribution in [0.5, 0.6) is 0 Å². The van der Waals surface area contributed by atoms with Gasteiger partial charge in [0.15, 0.2) is 0 Å². The Morgan fingerprint density at radius 3 is 1.67 bits per heavy atom. The van der Waals surface area contributed by atoms with Gasteiger partial charge in [-0.25, -0.2) is 13.6 Å². The van der Waals surface area contributed by atoms with Crippen LogP contribution in [0.25, 0.3) is 0 Å². The first-order valence-electron chi connectivity index (χ1n) is 0.977. The van der Waals surface area contributed by atoms with E-state index in [0.717, 1.165) is 6.26 Å². The van der Waals surface area contributed by atoms with Crippen LogP contribution in [0, 0.1) is 0 Å². The molecular weight excluding hydrogens is 113 g/mol. The SMILES string of the molecule is CS(N)(=O)=O.[H-].[Na+]. The molecular formula is CH6NNaO2S. The average Bonchev–Trinajstić information content (AvgIpc) is 0.722. The zero-order valence-electron chi connectivity index (χ0n) is 4.80. The summed E-state index contributed by atoms with van der Waals surface area (Å²) in [5.41, 5.74) is 0. The van der Waals surface area contributed by atoms with Gasteiger partial charge in [-0.15, -0.1) is 0 Å².